The van der Waals surface area contributed by atoms with Gasteiger partial charge in [0, 0.05) is 13.1 Å². The molecular formula is C23H31N3O4. The molecule has 0 aliphatic heterocycles. The number of ether oxygens (including phenoxy) is 3. The lowest BCUT2D eigenvalue weighted by molar-refractivity contribution is 0.106. The predicted molar refractivity (Wildman–Crippen MR) is 118 cm³/mol. The van der Waals surface area contributed by atoms with Crippen molar-refractivity contribution in [3.05, 3.63) is 47.8 Å². The molecule has 0 saturated carbocycles. The predicted octanol–water partition coefficient (Wildman–Crippen LogP) is 3.38. The Morgan fingerprint density at radius 2 is 1.73 bits per heavy atom. The second-order valence-electron chi connectivity index (χ2n) is 7.24. The number of aromatic amines is 1. The lowest BCUT2D eigenvalue weighted by Gasteiger charge is -2.15. The summed E-state index contributed by atoms with van der Waals surface area (Å²) in [4.78, 5) is 7.71. The molecule has 30 heavy (non-hydrogen) atoms. The van der Waals surface area contributed by atoms with E-state index in [1.54, 1.807) is 0 Å². The van der Waals surface area contributed by atoms with Gasteiger partial charge in [-0.2, -0.15) is 0 Å². The van der Waals surface area contributed by atoms with E-state index in [1.165, 1.54) is 0 Å². The molecule has 1 aromatic heterocycles. The minimum Gasteiger partial charge on any atom is -0.490 e. The van der Waals surface area contributed by atoms with Crippen LogP contribution in [0.2, 0.25) is 0 Å². The Bertz CT molecular complexity index is 941. The maximum absolute atomic E-state index is 10.2. The molecule has 2 aromatic carbocycles. The molecule has 162 valence electrons. The van der Waals surface area contributed by atoms with Crippen molar-refractivity contribution in [2.45, 2.75) is 33.3 Å². The first-order chi connectivity index (χ1) is 14.6. The summed E-state index contributed by atoms with van der Waals surface area (Å²) in [5, 5.41) is 13.4. The normalized spacial score (nSPS) is 12.1. The average Bonchev–Trinajstić information content (AvgIpc) is 3.15. The van der Waals surface area contributed by atoms with Crippen molar-refractivity contribution in [1.29, 1.82) is 0 Å². The first kappa shape index (κ1) is 21.9. The third kappa shape index (κ3) is 5.87. The summed E-state index contributed by atoms with van der Waals surface area (Å²) >= 11 is 0. The molecule has 0 fully saturated rings. The Morgan fingerprint density at radius 1 is 1.00 bits per heavy atom. The van der Waals surface area contributed by atoms with E-state index in [0.29, 0.717) is 32.1 Å². The van der Waals surface area contributed by atoms with Crippen molar-refractivity contribution >= 4 is 11.0 Å². The molecule has 1 unspecified atom stereocenters. The number of fused-ring (bicyclic) bond motifs is 1. The largest absolute Gasteiger partial charge is 0.490 e. The van der Waals surface area contributed by atoms with Gasteiger partial charge in [0.2, 0.25) is 0 Å². The van der Waals surface area contributed by atoms with Crippen LogP contribution in [0.25, 0.3) is 11.0 Å². The number of para-hydroxylation sites is 2. The van der Waals surface area contributed by atoms with Crippen molar-refractivity contribution in [3.63, 3.8) is 0 Å². The standard InChI is InChI=1S/C23H31N3O4/c1-4-12-28-19-7-5-6-8-20(19)29-13-11-24-14-18(27)15-30-21-10-9-16(2)22-23(21)26-17(3)25-22/h5-10,18,24,27H,4,11-15H2,1-3H3,(H,25,26). The van der Waals surface area contributed by atoms with Gasteiger partial charge < -0.3 is 29.6 Å². The van der Waals surface area contributed by atoms with Gasteiger partial charge in [0.15, 0.2) is 11.5 Å². The van der Waals surface area contributed by atoms with E-state index in [1.807, 2.05) is 50.2 Å². The maximum Gasteiger partial charge on any atom is 0.161 e. The molecule has 7 heteroatoms. The summed E-state index contributed by atoms with van der Waals surface area (Å²) in [6, 6.07) is 11.5. The number of nitrogens with zero attached hydrogens (tertiary/aromatic N) is 1. The van der Waals surface area contributed by atoms with Crippen LogP contribution in [0, 0.1) is 13.8 Å². The summed E-state index contributed by atoms with van der Waals surface area (Å²) in [5.41, 5.74) is 2.86. The Kier molecular flexibility index (Phi) is 7.93. The molecule has 0 bridgehead atoms. The summed E-state index contributed by atoms with van der Waals surface area (Å²) < 4.78 is 17.3. The van der Waals surface area contributed by atoms with Crippen LogP contribution >= 0.6 is 0 Å². The maximum atomic E-state index is 10.2. The molecule has 3 rings (SSSR count). The zero-order chi connectivity index (χ0) is 21.3. The van der Waals surface area contributed by atoms with Crippen LogP contribution in [0.1, 0.15) is 24.7 Å². The van der Waals surface area contributed by atoms with Gasteiger partial charge in [0.25, 0.3) is 0 Å². The summed E-state index contributed by atoms with van der Waals surface area (Å²) in [6.07, 6.45) is 0.315. The van der Waals surface area contributed by atoms with Gasteiger partial charge >= 0.3 is 0 Å². The van der Waals surface area contributed by atoms with E-state index in [0.717, 1.165) is 40.3 Å². The van der Waals surface area contributed by atoms with Crippen LogP contribution in [0.3, 0.4) is 0 Å². The SMILES string of the molecule is CCCOc1ccccc1OCCNCC(O)COc1ccc(C)c2nc(C)[nH]c12. The minimum absolute atomic E-state index is 0.192. The van der Waals surface area contributed by atoms with Crippen LogP contribution in [-0.4, -0.2) is 54.1 Å². The van der Waals surface area contributed by atoms with Gasteiger partial charge in [-0.15, -0.1) is 0 Å². The number of aliphatic hydroxyl groups is 1. The molecule has 7 nitrogen and oxygen atoms in total. The van der Waals surface area contributed by atoms with Crippen LogP contribution in [0.15, 0.2) is 36.4 Å². The molecule has 3 aromatic rings. The average molecular weight is 414 g/mol. The highest BCUT2D eigenvalue weighted by molar-refractivity contribution is 5.84. The van der Waals surface area contributed by atoms with E-state index in [9.17, 15) is 5.11 Å². The number of H-pyrrole nitrogens is 1. The zero-order valence-corrected chi connectivity index (χ0v) is 17.9. The number of aromatic nitrogens is 2. The Morgan fingerprint density at radius 3 is 2.47 bits per heavy atom. The Hall–Kier alpha value is -2.77. The third-order valence-electron chi connectivity index (χ3n) is 4.59. The van der Waals surface area contributed by atoms with Gasteiger partial charge in [0.1, 0.15) is 36.4 Å². The van der Waals surface area contributed by atoms with Crippen LogP contribution in [-0.2, 0) is 0 Å². The van der Waals surface area contributed by atoms with E-state index in [2.05, 4.69) is 22.2 Å². The van der Waals surface area contributed by atoms with E-state index < -0.39 is 6.10 Å². The lowest BCUT2D eigenvalue weighted by atomic mass is 10.2. The van der Waals surface area contributed by atoms with Gasteiger partial charge in [-0.05, 0) is 44.0 Å². The Balaban J connectivity index is 1.39. The highest BCUT2D eigenvalue weighted by Gasteiger charge is 2.11. The fraction of sp³-hybridized carbons (Fsp3) is 0.435. The molecular weight excluding hydrogens is 382 g/mol. The minimum atomic E-state index is -0.634. The Labute approximate surface area is 177 Å². The van der Waals surface area contributed by atoms with Gasteiger partial charge in [-0.25, -0.2) is 4.98 Å². The quantitative estimate of drug-likeness (QED) is 0.395. The van der Waals surface area contributed by atoms with Crippen molar-refractivity contribution < 1.29 is 19.3 Å². The number of hydrogen-bond donors (Lipinski definition) is 3. The van der Waals surface area contributed by atoms with E-state index in [4.69, 9.17) is 14.2 Å². The molecule has 0 saturated heterocycles. The van der Waals surface area contributed by atoms with Gasteiger partial charge in [-0.1, -0.05) is 25.1 Å². The monoisotopic (exact) mass is 413 g/mol. The van der Waals surface area contributed by atoms with Crippen LogP contribution in [0.4, 0.5) is 0 Å². The van der Waals surface area contributed by atoms with Gasteiger partial charge in [-0.3, -0.25) is 0 Å². The smallest absolute Gasteiger partial charge is 0.161 e. The number of rotatable bonds is 12. The third-order valence-corrected chi connectivity index (χ3v) is 4.59. The fourth-order valence-electron chi connectivity index (χ4n) is 3.09. The van der Waals surface area contributed by atoms with Gasteiger partial charge in [0.05, 0.1) is 12.1 Å². The molecule has 0 aliphatic carbocycles. The van der Waals surface area contributed by atoms with Crippen molar-refractivity contribution in [2.24, 2.45) is 0 Å². The van der Waals surface area contributed by atoms with Crippen molar-refractivity contribution in [3.8, 4) is 17.2 Å². The van der Waals surface area contributed by atoms with E-state index >= 15 is 0 Å². The number of hydrogen-bond acceptors (Lipinski definition) is 6. The van der Waals surface area contributed by atoms with Crippen LogP contribution in [0.5, 0.6) is 17.2 Å². The molecule has 1 atom stereocenters. The first-order valence-corrected chi connectivity index (χ1v) is 10.4. The lowest BCUT2D eigenvalue weighted by Crippen LogP contribution is -2.33. The molecule has 0 radical (unpaired) electrons. The molecule has 0 aliphatic rings. The second-order valence-corrected chi connectivity index (χ2v) is 7.24. The number of imidazole rings is 1. The topological polar surface area (TPSA) is 88.6 Å². The van der Waals surface area contributed by atoms with Crippen molar-refractivity contribution in [2.75, 3.05) is 32.9 Å². The summed E-state index contributed by atoms with van der Waals surface area (Å²) in [7, 11) is 0. The highest BCUT2D eigenvalue weighted by Crippen LogP contribution is 2.27. The van der Waals surface area contributed by atoms with Crippen molar-refractivity contribution in [1.82, 2.24) is 15.3 Å². The number of aryl methyl sites for hydroxylation is 2. The molecule has 0 spiro atoms. The second kappa shape index (κ2) is 10.8. The molecule has 1 heterocycles. The summed E-state index contributed by atoms with van der Waals surface area (Å²) in [5.74, 6) is 3.02. The molecule has 3 N–H and O–H groups in total. The molecule has 0 amide bonds. The summed E-state index contributed by atoms with van der Waals surface area (Å²) in [6.45, 7) is 8.35. The highest BCUT2D eigenvalue weighted by atomic mass is 16.5. The first-order valence-electron chi connectivity index (χ1n) is 10.4. The zero-order valence-electron chi connectivity index (χ0n) is 17.9. The number of benzene rings is 2. The fourth-order valence-corrected chi connectivity index (χ4v) is 3.09. The van der Waals surface area contributed by atoms with Crippen LogP contribution < -0.4 is 19.5 Å². The number of nitrogens with one attached hydrogen (secondary N) is 2. The number of aliphatic hydroxyl groups excluding tert-OH is 1. The van der Waals surface area contributed by atoms with E-state index in [-0.39, 0.29) is 6.61 Å².